The first-order valence-corrected chi connectivity index (χ1v) is 3.13. The third-order valence-electron chi connectivity index (χ3n) is 0.941. The third-order valence-corrected chi connectivity index (χ3v) is 0.941. The molecule has 0 saturated heterocycles. The summed E-state index contributed by atoms with van der Waals surface area (Å²) < 4.78 is 9.29. The minimum absolute atomic E-state index is 0.560. The van der Waals surface area contributed by atoms with Gasteiger partial charge in [-0.2, -0.15) is 0 Å². The van der Waals surface area contributed by atoms with Crippen molar-refractivity contribution >= 4 is 27.8 Å². The monoisotopic (exact) mass is 140 g/mol. The summed E-state index contributed by atoms with van der Waals surface area (Å²) in [5.41, 5.74) is 0. The summed E-state index contributed by atoms with van der Waals surface area (Å²) in [7, 11) is 1.12. The molecule has 0 unspecified atom stereocenters. The molecule has 0 aromatic rings. The van der Waals surface area contributed by atoms with E-state index in [4.69, 9.17) is 10.8 Å². The minimum Gasteiger partial charge on any atom is -0.557 e. The predicted octanol–water partition coefficient (Wildman–Crippen LogP) is -0.227. The molecule has 0 aliphatic rings. The van der Waals surface area contributed by atoms with E-state index in [-0.39, 0.29) is 0 Å². The van der Waals surface area contributed by atoms with Gasteiger partial charge in [0.15, 0.2) is 0 Å². The minimum atomic E-state index is 0.560. The lowest BCUT2D eigenvalue weighted by atomic mass is 9.81. The van der Waals surface area contributed by atoms with Crippen molar-refractivity contribution in [3.63, 3.8) is 0 Å². The Bertz CT molecular complexity index is 89.3. The Labute approximate surface area is 61.5 Å². The molecule has 0 heterocycles. The fraction of sp³-hybridized carbons (Fsp3) is 0.500. The van der Waals surface area contributed by atoms with Crippen LogP contribution < -0.4 is 0 Å². The largest absolute Gasteiger partial charge is 0.557 e. The smallest absolute Gasteiger partial charge is 0.340 e. The molecule has 0 aromatic carbocycles. The van der Waals surface area contributed by atoms with E-state index in [1.807, 2.05) is 0 Å². The van der Waals surface area contributed by atoms with Crippen molar-refractivity contribution in [1.82, 2.24) is 0 Å². The number of nitrogens with one attached hydrogen (secondary N) is 2. The van der Waals surface area contributed by atoms with Crippen LogP contribution in [0.2, 0.25) is 12.6 Å². The quantitative estimate of drug-likeness (QED) is 0.222. The summed E-state index contributed by atoms with van der Waals surface area (Å²) >= 11 is 0. The second kappa shape index (κ2) is 8.07. The van der Waals surface area contributed by atoms with Crippen LogP contribution in [0.3, 0.4) is 0 Å². The Morgan fingerprint density at radius 2 is 1.40 bits per heavy atom. The van der Waals surface area contributed by atoms with Crippen molar-refractivity contribution in [2.24, 2.45) is 0 Å². The number of hydrogen-bond acceptors (Lipinski definition) is 4. The van der Waals surface area contributed by atoms with Crippen molar-refractivity contribution in [2.75, 3.05) is 0 Å². The van der Waals surface area contributed by atoms with Gasteiger partial charge in [-0.15, -0.1) is 0 Å². The summed E-state index contributed by atoms with van der Waals surface area (Å²) in [6, 6.07) is 0. The molecule has 0 aromatic heterocycles. The van der Waals surface area contributed by atoms with Crippen molar-refractivity contribution in [1.29, 1.82) is 10.8 Å². The van der Waals surface area contributed by atoms with Gasteiger partial charge < -0.3 is 9.31 Å². The summed E-state index contributed by atoms with van der Waals surface area (Å²) in [4.78, 5) is 0. The van der Waals surface area contributed by atoms with Gasteiger partial charge in [-0.3, -0.25) is 10.8 Å². The second-order valence-corrected chi connectivity index (χ2v) is 1.68. The van der Waals surface area contributed by atoms with Crippen LogP contribution in [0.1, 0.15) is 0 Å². The van der Waals surface area contributed by atoms with Crippen LogP contribution in [0.4, 0.5) is 0 Å². The molecule has 4 nitrogen and oxygen atoms in total. The Kier molecular flexibility index (Phi) is 7.32. The molecule has 0 rings (SSSR count). The van der Waals surface area contributed by atoms with Crippen LogP contribution in [0.5, 0.6) is 0 Å². The zero-order valence-electron chi connectivity index (χ0n) is 5.80. The molecule has 10 heavy (non-hydrogen) atoms. The fourth-order valence-electron chi connectivity index (χ4n) is 0.489. The van der Waals surface area contributed by atoms with E-state index in [1.165, 1.54) is 0 Å². The fourth-order valence-corrected chi connectivity index (χ4v) is 0.489. The molecular formula is C4H10B2N2O2. The van der Waals surface area contributed by atoms with E-state index in [2.05, 4.69) is 9.31 Å². The van der Waals surface area contributed by atoms with Gasteiger partial charge in [0.1, 0.15) is 12.8 Å². The molecule has 0 spiro atoms. The van der Waals surface area contributed by atoms with Crippen LogP contribution in [-0.4, -0.2) is 27.8 Å². The molecule has 54 valence electrons. The van der Waals surface area contributed by atoms with Crippen LogP contribution in [0, 0.1) is 10.8 Å². The maximum Gasteiger partial charge on any atom is 0.340 e. The molecular weight excluding hydrogens is 130 g/mol. The van der Waals surface area contributed by atoms with Gasteiger partial charge in [-0.05, 0) is 12.6 Å². The molecule has 0 bridgehead atoms. The molecule has 0 aliphatic carbocycles. The zero-order chi connectivity index (χ0) is 7.66. The third kappa shape index (κ3) is 7.07. The van der Waals surface area contributed by atoms with Crippen molar-refractivity contribution in [3.05, 3.63) is 0 Å². The lowest BCUT2D eigenvalue weighted by Gasteiger charge is -1.95. The number of rotatable bonds is 7. The van der Waals surface area contributed by atoms with Crippen molar-refractivity contribution in [3.8, 4) is 0 Å². The predicted molar refractivity (Wildman–Crippen MR) is 43.6 cm³/mol. The maximum atomic E-state index is 6.50. The summed E-state index contributed by atoms with van der Waals surface area (Å²) in [6.07, 6.45) is 3.58. The molecule has 0 atom stereocenters. The maximum absolute atomic E-state index is 6.50. The first kappa shape index (κ1) is 9.07. The molecule has 0 amide bonds. The summed E-state index contributed by atoms with van der Waals surface area (Å²) in [5, 5.41) is 13.0. The zero-order valence-corrected chi connectivity index (χ0v) is 5.80. The lowest BCUT2D eigenvalue weighted by Crippen LogP contribution is -2.00. The van der Waals surface area contributed by atoms with Crippen LogP contribution in [-0.2, 0) is 9.31 Å². The number of hydrogen-bond donors (Lipinski definition) is 2. The van der Waals surface area contributed by atoms with Gasteiger partial charge in [0.05, 0.1) is 0 Å². The van der Waals surface area contributed by atoms with Crippen LogP contribution >= 0.6 is 0 Å². The van der Waals surface area contributed by atoms with E-state index >= 15 is 0 Å². The second-order valence-electron chi connectivity index (χ2n) is 1.68. The standard InChI is InChI=1S/C4H10B2N2O2/c7-3-9-5-1-2-6-10-4-8/h3-8H,1-2H2. The highest BCUT2D eigenvalue weighted by Crippen LogP contribution is 1.87. The lowest BCUT2D eigenvalue weighted by molar-refractivity contribution is 0.598. The Morgan fingerprint density at radius 3 is 1.70 bits per heavy atom. The average molecular weight is 140 g/mol. The Balaban J connectivity index is 2.76. The Morgan fingerprint density at radius 1 is 1.00 bits per heavy atom. The van der Waals surface area contributed by atoms with E-state index in [0.29, 0.717) is 15.0 Å². The SMILES string of the molecule is N=COBCCBOC=N. The van der Waals surface area contributed by atoms with Crippen molar-refractivity contribution in [2.45, 2.75) is 12.6 Å². The van der Waals surface area contributed by atoms with Gasteiger partial charge >= 0.3 is 15.0 Å². The normalized spacial score (nSPS) is 7.60. The average Bonchev–Trinajstić information content (AvgIpc) is 1.97. The first-order valence-electron chi connectivity index (χ1n) is 3.13. The van der Waals surface area contributed by atoms with Gasteiger partial charge in [-0.25, -0.2) is 0 Å². The molecule has 0 radical (unpaired) electrons. The van der Waals surface area contributed by atoms with E-state index in [0.717, 1.165) is 25.4 Å². The highest BCUT2D eigenvalue weighted by atomic mass is 16.4. The highest BCUT2D eigenvalue weighted by Gasteiger charge is 1.93. The van der Waals surface area contributed by atoms with Gasteiger partial charge in [0.25, 0.3) is 0 Å². The summed E-state index contributed by atoms with van der Waals surface area (Å²) in [6.45, 7) is 0. The molecule has 0 saturated carbocycles. The van der Waals surface area contributed by atoms with Gasteiger partial charge in [0.2, 0.25) is 0 Å². The van der Waals surface area contributed by atoms with E-state index in [9.17, 15) is 0 Å². The van der Waals surface area contributed by atoms with E-state index in [1.54, 1.807) is 0 Å². The summed E-state index contributed by atoms with van der Waals surface area (Å²) in [5.74, 6) is 0. The Hall–Kier alpha value is -0.930. The molecule has 6 heteroatoms. The highest BCUT2D eigenvalue weighted by molar-refractivity contribution is 6.36. The van der Waals surface area contributed by atoms with Crippen LogP contribution in [0.25, 0.3) is 0 Å². The molecule has 0 aliphatic heterocycles. The van der Waals surface area contributed by atoms with Gasteiger partial charge in [-0.1, -0.05) is 0 Å². The topological polar surface area (TPSA) is 66.2 Å². The van der Waals surface area contributed by atoms with Crippen molar-refractivity contribution < 1.29 is 9.31 Å². The van der Waals surface area contributed by atoms with Gasteiger partial charge in [0, 0.05) is 0 Å². The molecule has 0 fully saturated rings. The van der Waals surface area contributed by atoms with E-state index < -0.39 is 0 Å². The first-order chi connectivity index (χ1) is 4.91. The molecule has 2 N–H and O–H groups in total. The van der Waals surface area contributed by atoms with Crippen LogP contribution in [0.15, 0.2) is 0 Å².